The third-order valence-corrected chi connectivity index (χ3v) is 6.27. The Bertz CT molecular complexity index is 1530. The first kappa shape index (κ1) is 20.2. The Hall–Kier alpha value is -4.40. The van der Waals surface area contributed by atoms with Gasteiger partial charge >= 0.3 is 0 Å². The molecule has 1 N–H and O–H groups in total. The van der Waals surface area contributed by atoms with Gasteiger partial charge in [0.1, 0.15) is 5.69 Å². The highest BCUT2D eigenvalue weighted by Crippen LogP contribution is 2.36. The minimum absolute atomic E-state index is 0.130. The number of pyridine rings is 1. The van der Waals surface area contributed by atoms with E-state index in [0.717, 1.165) is 53.6 Å². The lowest BCUT2D eigenvalue weighted by atomic mass is 9.89. The quantitative estimate of drug-likeness (QED) is 0.445. The molecule has 5 aromatic rings. The number of tetrazole rings is 1. The molecule has 6 rings (SSSR count). The van der Waals surface area contributed by atoms with E-state index in [2.05, 4.69) is 20.6 Å². The normalized spacial score (nSPS) is 17.4. The second-order valence-electron chi connectivity index (χ2n) is 8.39. The van der Waals surface area contributed by atoms with E-state index in [9.17, 15) is 4.79 Å². The van der Waals surface area contributed by atoms with Crippen molar-refractivity contribution in [2.75, 3.05) is 0 Å². The Morgan fingerprint density at radius 1 is 0.971 bits per heavy atom. The number of nitrogens with zero attached hydrogens (tertiary/aromatic N) is 7. The van der Waals surface area contributed by atoms with Gasteiger partial charge in [-0.3, -0.25) is 4.79 Å². The van der Waals surface area contributed by atoms with Gasteiger partial charge in [0.15, 0.2) is 5.82 Å². The molecule has 1 unspecified atom stereocenters. The van der Waals surface area contributed by atoms with Crippen LogP contribution in [0.25, 0.3) is 34.1 Å². The third kappa shape index (κ3) is 3.61. The number of fused-ring (bicyclic) bond motifs is 1. The molecule has 0 bridgehead atoms. The van der Waals surface area contributed by atoms with Crippen molar-refractivity contribution in [3.05, 3.63) is 88.6 Å². The van der Waals surface area contributed by atoms with Crippen LogP contribution >= 0.6 is 0 Å². The van der Waals surface area contributed by atoms with Gasteiger partial charge in [0.25, 0.3) is 5.56 Å². The zero-order valence-corrected chi connectivity index (χ0v) is 18.4. The predicted octanol–water partition coefficient (Wildman–Crippen LogP) is 3.94. The summed E-state index contributed by atoms with van der Waals surface area (Å²) in [6.45, 7) is 0. The summed E-state index contributed by atoms with van der Waals surface area (Å²) < 4.78 is 3.48. The third-order valence-electron chi connectivity index (χ3n) is 6.27. The number of aromatic nitrogens is 8. The van der Waals surface area contributed by atoms with E-state index in [1.165, 1.54) is 0 Å². The maximum absolute atomic E-state index is 13.0. The van der Waals surface area contributed by atoms with Crippen molar-refractivity contribution in [1.82, 2.24) is 40.0 Å². The fourth-order valence-electron chi connectivity index (χ4n) is 4.70. The molecule has 168 valence electrons. The van der Waals surface area contributed by atoms with Crippen LogP contribution in [0.4, 0.5) is 0 Å². The van der Waals surface area contributed by atoms with E-state index in [1.54, 1.807) is 16.8 Å². The fourth-order valence-corrected chi connectivity index (χ4v) is 4.70. The second kappa shape index (κ2) is 8.51. The Morgan fingerprint density at radius 2 is 1.85 bits per heavy atom. The molecule has 4 aromatic heterocycles. The van der Waals surface area contributed by atoms with E-state index in [4.69, 9.17) is 10.2 Å². The lowest BCUT2D eigenvalue weighted by Gasteiger charge is -2.26. The molecular formula is C25H22N8O. The minimum atomic E-state index is -0.145. The summed E-state index contributed by atoms with van der Waals surface area (Å²) in [5.41, 5.74) is 5.35. The molecular weight excluding hydrogens is 428 g/mol. The summed E-state index contributed by atoms with van der Waals surface area (Å²) >= 11 is 0. The molecule has 0 spiro atoms. The minimum Gasteiger partial charge on any atom is -0.268 e. The van der Waals surface area contributed by atoms with Crippen LogP contribution in [-0.2, 0) is 0 Å². The molecule has 0 saturated heterocycles. The molecule has 1 atom stereocenters. The summed E-state index contributed by atoms with van der Waals surface area (Å²) in [5.74, 6) is 0.583. The molecule has 0 aliphatic heterocycles. The molecule has 4 heterocycles. The van der Waals surface area contributed by atoms with E-state index >= 15 is 0 Å². The molecule has 0 amide bonds. The Labute approximate surface area is 194 Å². The van der Waals surface area contributed by atoms with Gasteiger partial charge in [-0.1, -0.05) is 42.8 Å². The molecule has 34 heavy (non-hydrogen) atoms. The van der Waals surface area contributed by atoms with Gasteiger partial charge in [-0.2, -0.15) is 10.2 Å². The Kier molecular flexibility index (Phi) is 5.06. The van der Waals surface area contributed by atoms with Gasteiger partial charge in [-0.15, -0.1) is 5.10 Å². The number of aromatic amines is 1. The van der Waals surface area contributed by atoms with Gasteiger partial charge < -0.3 is 0 Å². The number of rotatable bonds is 4. The number of hydrogen-bond donors (Lipinski definition) is 1. The number of hydrogen-bond acceptors (Lipinski definition) is 6. The summed E-state index contributed by atoms with van der Waals surface area (Å²) in [4.78, 5) is 13.0. The van der Waals surface area contributed by atoms with Crippen molar-refractivity contribution >= 4 is 11.6 Å². The highest BCUT2D eigenvalue weighted by molar-refractivity contribution is 5.90. The monoisotopic (exact) mass is 450 g/mol. The molecule has 1 saturated carbocycles. The van der Waals surface area contributed by atoms with E-state index in [0.29, 0.717) is 11.5 Å². The first-order valence-electron chi connectivity index (χ1n) is 11.4. The summed E-state index contributed by atoms with van der Waals surface area (Å²) in [6.07, 6.45) is 7.66. The standard InChI is InChI=1S/C25H22N8O/c34-23-14-13-19(28-33(23)20-11-5-4-10-18(20)16-22-26-30-31-27-22)24-21-12-6-7-15-32(21)29-25(24)17-8-2-1-3-9-17/h1-3,6-9,12-16,20H,4-5,10-11H2,(H,26,27,30,31). The first-order valence-corrected chi connectivity index (χ1v) is 11.4. The topological polar surface area (TPSA) is 107 Å². The highest BCUT2D eigenvalue weighted by Gasteiger charge is 2.25. The van der Waals surface area contributed by atoms with Gasteiger partial charge in [0, 0.05) is 17.8 Å². The number of benzene rings is 1. The van der Waals surface area contributed by atoms with E-state index in [1.807, 2.05) is 65.3 Å². The Morgan fingerprint density at radius 3 is 2.71 bits per heavy atom. The Balaban J connectivity index is 1.52. The molecule has 1 aliphatic carbocycles. The molecule has 1 fully saturated rings. The van der Waals surface area contributed by atoms with Crippen LogP contribution in [0, 0.1) is 0 Å². The number of H-pyrrole nitrogens is 1. The van der Waals surface area contributed by atoms with Gasteiger partial charge in [-0.25, -0.2) is 14.3 Å². The van der Waals surface area contributed by atoms with Crippen molar-refractivity contribution < 1.29 is 0 Å². The van der Waals surface area contributed by atoms with Gasteiger partial charge in [0.2, 0.25) is 0 Å². The van der Waals surface area contributed by atoms with Crippen LogP contribution in [0.5, 0.6) is 0 Å². The summed E-state index contributed by atoms with van der Waals surface area (Å²) in [7, 11) is 0. The van der Waals surface area contributed by atoms with Crippen LogP contribution < -0.4 is 5.56 Å². The van der Waals surface area contributed by atoms with Crippen LogP contribution in [0.3, 0.4) is 0 Å². The van der Waals surface area contributed by atoms with Crippen LogP contribution in [0.15, 0.2) is 77.2 Å². The smallest absolute Gasteiger partial charge is 0.267 e. The van der Waals surface area contributed by atoms with Crippen molar-refractivity contribution in [2.45, 2.75) is 31.7 Å². The SMILES string of the molecule is O=c1ccc(-c2c(-c3ccccc3)nn3ccccc23)nn1C1CCCCC1=Cc1nnn[nH]1. The largest absolute Gasteiger partial charge is 0.268 e. The van der Waals surface area contributed by atoms with Gasteiger partial charge in [-0.05, 0) is 59.5 Å². The lowest BCUT2D eigenvalue weighted by molar-refractivity contribution is 0.399. The van der Waals surface area contributed by atoms with Crippen LogP contribution in [-0.4, -0.2) is 40.0 Å². The van der Waals surface area contributed by atoms with Crippen molar-refractivity contribution in [3.8, 4) is 22.5 Å². The predicted molar refractivity (Wildman–Crippen MR) is 128 cm³/mol. The zero-order valence-electron chi connectivity index (χ0n) is 18.4. The van der Waals surface area contributed by atoms with Crippen LogP contribution in [0.2, 0.25) is 0 Å². The first-order chi connectivity index (χ1) is 16.8. The molecule has 9 nitrogen and oxygen atoms in total. The van der Waals surface area contributed by atoms with Crippen molar-refractivity contribution in [3.63, 3.8) is 0 Å². The molecule has 0 radical (unpaired) electrons. The number of nitrogens with one attached hydrogen (secondary N) is 1. The molecule has 1 aliphatic rings. The average Bonchev–Trinajstić information content (AvgIpc) is 3.53. The van der Waals surface area contributed by atoms with E-state index < -0.39 is 0 Å². The maximum atomic E-state index is 13.0. The maximum Gasteiger partial charge on any atom is 0.267 e. The zero-order chi connectivity index (χ0) is 22.9. The van der Waals surface area contributed by atoms with Crippen LogP contribution in [0.1, 0.15) is 37.5 Å². The summed E-state index contributed by atoms with van der Waals surface area (Å²) in [6, 6.07) is 19.3. The van der Waals surface area contributed by atoms with Crippen molar-refractivity contribution in [2.24, 2.45) is 0 Å². The summed E-state index contributed by atoms with van der Waals surface area (Å²) in [5, 5.41) is 23.8. The lowest BCUT2D eigenvalue weighted by Crippen LogP contribution is -2.29. The highest BCUT2D eigenvalue weighted by atomic mass is 16.1. The molecule has 1 aromatic carbocycles. The van der Waals surface area contributed by atoms with Crippen molar-refractivity contribution in [1.29, 1.82) is 0 Å². The fraction of sp³-hybridized carbons (Fsp3) is 0.200. The average molecular weight is 451 g/mol. The molecule has 9 heteroatoms. The van der Waals surface area contributed by atoms with E-state index in [-0.39, 0.29) is 11.6 Å². The number of allylic oxidation sites excluding steroid dienone is 1. The second-order valence-corrected chi connectivity index (χ2v) is 8.39. The van der Waals surface area contributed by atoms with Gasteiger partial charge in [0.05, 0.1) is 22.8 Å².